The van der Waals surface area contributed by atoms with Gasteiger partial charge in [-0.3, -0.25) is 9.59 Å². The second kappa shape index (κ2) is 9.19. The minimum Gasteiger partial charge on any atom is -0.466 e. The molecule has 2 aliphatic rings. The Balaban J connectivity index is 1.92. The van der Waals surface area contributed by atoms with Gasteiger partial charge in [0.15, 0.2) is 0 Å². The molecule has 0 N–H and O–H groups in total. The van der Waals surface area contributed by atoms with Crippen molar-refractivity contribution in [2.24, 2.45) is 5.92 Å². The van der Waals surface area contributed by atoms with E-state index in [-0.39, 0.29) is 23.4 Å². The average Bonchev–Trinajstić information content (AvgIpc) is 2.65. The standard InChI is InChI=1S/C17H26N4O5S/c1-3-26-17(23)14-4-6-20(7-5-14)16(22)15(12-18)13-19-8-10-21(11-9-19)27(2,24)25/h13-14H,3-11H2,1-2H3/b15-13-. The van der Waals surface area contributed by atoms with Gasteiger partial charge in [-0.25, -0.2) is 8.42 Å². The maximum Gasteiger partial charge on any atom is 0.309 e. The molecule has 0 bridgehead atoms. The fourth-order valence-electron chi connectivity index (χ4n) is 3.23. The Labute approximate surface area is 160 Å². The molecule has 10 heteroatoms. The molecule has 2 rings (SSSR count). The Morgan fingerprint density at radius 3 is 2.22 bits per heavy atom. The molecule has 0 spiro atoms. The van der Waals surface area contributed by atoms with E-state index in [9.17, 15) is 23.3 Å². The molecule has 2 saturated heterocycles. The lowest BCUT2D eigenvalue weighted by Gasteiger charge is -2.33. The van der Waals surface area contributed by atoms with Gasteiger partial charge < -0.3 is 14.5 Å². The lowest BCUT2D eigenvalue weighted by atomic mass is 9.96. The summed E-state index contributed by atoms with van der Waals surface area (Å²) in [6, 6.07) is 1.95. The van der Waals surface area contributed by atoms with E-state index >= 15 is 0 Å². The van der Waals surface area contributed by atoms with Crippen molar-refractivity contribution in [2.75, 3.05) is 52.1 Å². The van der Waals surface area contributed by atoms with Crippen LogP contribution in [0.2, 0.25) is 0 Å². The molecule has 2 aliphatic heterocycles. The van der Waals surface area contributed by atoms with Gasteiger partial charge in [0.1, 0.15) is 11.6 Å². The summed E-state index contributed by atoms with van der Waals surface area (Å²) in [6.45, 7) is 4.42. The van der Waals surface area contributed by atoms with Gasteiger partial charge in [-0.1, -0.05) is 0 Å². The van der Waals surface area contributed by atoms with Crippen molar-refractivity contribution in [2.45, 2.75) is 19.8 Å². The third-order valence-electron chi connectivity index (χ3n) is 4.81. The molecule has 27 heavy (non-hydrogen) atoms. The molecule has 1 amide bonds. The number of piperidine rings is 1. The predicted molar refractivity (Wildman–Crippen MR) is 97.6 cm³/mol. The van der Waals surface area contributed by atoms with E-state index in [4.69, 9.17) is 4.74 Å². The molecule has 0 aromatic heterocycles. The van der Waals surface area contributed by atoms with Crippen molar-refractivity contribution in [1.29, 1.82) is 5.26 Å². The van der Waals surface area contributed by atoms with Crippen LogP contribution >= 0.6 is 0 Å². The van der Waals surface area contributed by atoms with Gasteiger partial charge in [-0.05, 0) is 19.8 Å². The van der Waals surface area contributed by atoms with E-state index in [2.05, 4.69) is 0 Å². The summed E-state index contributed by atoms with van der Waals surface area (Å²) >= 11 is 0. The van der Waals surface area contributed by atoms with E-state index in [0.717, 1.165) is 0 Å². The summed E-state index contributed by atoms with van der Waals surface area (Å²) in [5, 5.41) is 9.38. The van der Waals surface area contributed by atoms with Gasteiger partial charge in [0.2, 0.25) is 10.0 Å². The zero-order valence-electron chi connectivity index (χ0n) is 15.8. The molecule has 0 unspecified atom stereocenters. The highest BCUT2D eigenvalue weighted by Gasteiger charge is 2.30. The molecule has 2 fully saturated rings. The van der Waals surface area contributed by atoms with Crippen LogP contribution in [0.4, 0.5) is 0 Å². The van der Waals surface area contributed by atoms with Gasteiger partial charge >= 0.3 is 5.97 Å². The highest BCUT2D eigenvalue weighted by molar-refractivity contribution is 7.88. The summed E-state index contributed by atoms with van der Waals surface area (Å²) in [6.07, 6.45) is 3.73. The van der Waals surface area contributed by atoms with Gasteiger partial charge in [0, 0.05) is 45.5 Å². The number of esters is 1. The van der Waals surface area contributed by atoms with E-state index in [1.807, 2.05) is 6.07 Å². The largest absolute Gasteiger partial charge is 0.466 e. The van der Waals surface area contributed by atoms with Crippen molar-refractivity contribution in [3.63, 3.8) is 0 Å². The second-order valence-electron chi connectivity index (χ2n) is 6.67. The van der Waals surface area contributed by atoms with E-state index in [0.29, 0.717) is 58.7 Å². The molecule has 2 heterocycles. The normalized spacial score (nSPS) is 20.3. The Kier molecular flexibility index (Phi) is 7.21. The average molecular weight is 398 g/mol. The number of likely N-dealkylation sites (tertiary alicyclic amines) is 1. The summed E-state index contributed by atoms with van der Waals surface area (Å²) in [7, 11) is -3.23. The lowest BCUT2D eigenvalue weighted by Crippen LogP contribution is -2.47. The topological polar surface area (TPSA) is 111 Å². The molecule has 0 aromatic rings. The Hall–Kier alpha value is -2.12. The molecule has 0 aliphatic carbocycles. The molecule has 0 saturated carbocycles. The number of piperazine rings is 1. The second-order valence-corrected chi connectivity index (χ2v) is 8.65. The van der Waals surface area contributed by atoms with Gasteiger partial charge in [-0.2, -0.15) is 9.57 Å². The summed E-state index contributed by atoms with van der Waals surface area (Å²) in [5.74, 6) is -0.790. The van der Waals surface area contributed by atoms with Gasteiger partial charge in [0.05, 0.1) is 18.8 Å². The molecule has 9 nitrogen and oxygen atoms in total. The van der Waals surface area contributed by atoms with Crippen LogP contribution in [0.5, 0.6) is 0 Å². The van der Waals surface area contributed by atoms with E-state index in [1.54, 1.807) is 16.7 Å². The van der Waals surface area contributed by atoms with Crippen molar-refractivity contribution in [3.8, 4) is 6.07 Å². The highest BCUT2D eigenvalue weighted by Crippen LogP contribution is 2.20. The monoisotopic (exact) mass is 398 g/mol. The summed E-state index contributed by atoms with van der Waals surface area (Å²) in [4.78, 5) is 27.8. The number of ether oxygens (including phenoxy) is 1. The van der Waals surface area contributed by atoms with Crippen molar-refractivity contribution in [3.05, 3.63) is 11.8 Å². The summed E-state index contributed by atoms with van der Waals surface area (Å²) in [5.41, 5.74) is 0.0254. The highest BCUT2D eigenvalue weighted by atomic mass is 32.2. The molecule has 150 valence electrons. The predicted octanol–water partition coefficient (Wildman–Crippen LogP) is -0.227. The fourth-order valence-corrected chi connectivity index (χ4v) is 4.05. The summed E-state index contributed by atoms with van der Waals surface area (Å²) < 4.78 is 29.5. The van der Waals surface area contributed by atoms with Crippen LogP contribution in [-0.4, -0.2) is 86.5 Å². The number of amides is 1. The van der Waals surface area contributed by atoms with Crippen LogP contribution < -0.4 is 0 Å². The zero-order chi connectivity index (χ0) is 20.0. The minimum atomic E-state index is -3.23. The molecule has 0 radical (unpaired) electrons. The van der Waals surface area contributed by atoms with Crippen LogP contribution in [-0.2, 0) is 24.3 Å². The van der Waals surface area contributed by atoms with Crippen LogP contribution in [0.25, 0.3) is 0 Å². The number of sulfonamides is 1. The van der Waals surface area contributed by atoms with E-state index < -0.39 is 10.0 Å². The maximum absolute atomic E-state index is 12.6. The maximum atomic E-state index is 12.6. The van der Waals surface area contributed by atoms with Crippen molar-refractivity contribution >= 4 is 21.9 Å². The van der Waals surface area contributed by atoms with Crippen LogP contribution in [0.1, 0.15) is 19.8 Å². The number of nitrogens with zero attached hydrogens (tertiary/aromatic N) is 4. The smallest absolute Gasteiger partial charge is 0.309 e. The quantitative estimate of drug-likeness (QED) is 0.357. The first kappa shape index (κ1) is 21.2. The van der Waals surface area contributed by atoms with E-state index in [1.165, 1.54) is 16.8 Å². The fraction of sp³-hybridized carbons (Fsp3) is 0.706. The molecular weight excluding hydrogens is 372 g/mol. The SMILES string of the molecule is CCOC(=O)C1CCN(C(=O)/C(C#N)=C\N2CCN(S(C)(=O)=O)CC2)CC1. The van der Waals surface area contributed by atoms with Crippen LogP contribution in [0.15, 0.2) is 11.8 Å². The minimum absolute atomic E-state index is 0.0254. The van der Waals surface area contributed by atoms with Crippen LogP contribution in [0, 0.1) is 17.2 Å². The van der Waals surface area contributed by atoms with Gasteiger partial charge in [-0.15, -0.1) is 0 Å². The number of hydrogen-bond acceptors (Lipinski definition) is 7. The first-order valence-electron chi connectivity index (χ1n) is 9.03. The van der Waals surface area contributed by atoms with Crippen LogP contribution in [0.3, 0.4) is 0 Å². The van der Waals surface area contributed by atoms with Crippen molar-refractivity contribution in [1.82, 2.24) is 14.1 Å². The molecular formula is C17H26N4O5S. The molecule has 0 atom stereocenters. The first-order valence-corrected chi connectivity index (χ1v) is 10.9. The number of rotatable bonds is 5. The van der Waals surface area contributed by atoms with Gasteiger partial charge in [0.25, 0.3) is 5.91 Å². The Morgan fingerprint density at radius 1 is 1.15 bits per heavy atom. The zero-order valence-corrected chi connectivity index (χ0v) is 16.6. The molecule has 0 aromatic carbocycles. The first-order chi connectivity index (χ1) is 12.8. The lowest BCUT2D eigenvalue weighted by molar-refractivity contribution is -0.150. The number of nitriles is 1. The van der Waals surface area contributed by atoms with Crippen molar-refractivity contribution < 1.29 is 22.7 Å². The number of carbonyl (C=O) groups excluding carboxylic acids is 2. The third-order valence-corrected chi connectivity index (χ3v) is 6.11. The Morgan fingerprint density at radius 2 is 1.74 bits per heavy atom. The Bertz CT molecular complexity index is 727. The number of hydrogen-bond donors (Lipinski definition) is 0. The number of carbonyl (C=O) groups is 2. The third kappa shape index (κ3) is 5.68.